The highest BCUT2D eigenvalue weighted by atomic mass is 32.1. The molecule has 0 unspecified atom stereocenters. The van der Waals surface area contributed by atoms with Gasteiger partial charge in [-0.2, -0.15) is 0 Å². The highest BCUT2D eigenvalue weighted by Gasteiger charge is 2.15. The third-order valence-electron chi connectivity index (χ3n) is 4.06. The number of thiazole rings is 1. The molecule has 6 nitrogen and oxygen atoms in total. The number of ether oxygens (including phenoxy) is 2. The number of para-hydroxylation sites is 1. The Morgan fingerprint density at radius 1 is 1.15 bits per heavy atom. The van der Waals surface area contributed by atoms with E-state index in [9.17, 15) is 4.79 Å². The fourth-order valence-corrected chi connectivity index (χ4v) is 3.70. The van der Waals surface area contributed by atoms with Gasteiger partial charge in [-0.1, -0.05) is 12.1 Å². The second-order valence-corrected chi connectivity index (χ2v) is 7.00. The van der Waals surface area contributed by atoms with Gasteiger partial charge in [-0.3, -0.25) is 0 Å². The number of nitrogens with one attached hydrogen (secondary N) is 2. The molecule has 0 saturated carbocycles. The summed E-state index contributed by atoms with van der Waals surface area (Å²) in [4.78, 5) is 16.6. The average molecular weight is 369 g/mol. The number of carbonyl (C=O) groups is 1. The number of carbonyl (C=O) groups excluding carboxylic acids is 1. The van der Waals surface area contributed by atoms with Crippen molar-refractivity contribution < 1.29 is 14.3 Å². The van der Waals surface area contributed by atoms with Crippen LogP contribution in [-0.2, 0) is 9.47 Å². The van der Waals surface area contributed by atoms with E-state index in [1.165, 1.54) is 0 Å². The van der Waals surface area contributed by atoms with E-state index in [2.05, 4.69) is 21.7 Å². The molecule has 1 atom stereocenters. The van der Waals surface area contributed by atoms with Crippen molar-refractivity contribution in [1.82, 2.24) is 10.3 Å². The zero-order valence-electron chi connectivity index (χ0n) is 14.1. The van der Waals surface area contributed by atoms with Gasteiger partial charge in [0.15, 0.2) is 0 Å². The normalized spacial score (nSPS) is 17.2. The summed E-state index contributed by atoms with van der Waals surface area (Å²) in [6, 6.07) is 15.5. The highest BCUT2D eigenvalue weighted by molar-refractivity contribution is 7.21. The van der Waals surface area contributed by atoms with Gasteiger partial charge in [0.05, 0.1) is 36.1 Å². The van der Waals surface area contributed by atoms with Crippen molar-refractivity contribution in [2.24, 2.45) is 0 Å². The summed E-state index contributed by atoms with van der Waals surface area (Å²) in [6.07, 6.45) is -0.0871. The van der Waals surface area contributed by atoms with Gasteiger partial charge in [-0.05, 0) is 36.4 Å². The molecule has 26 heavy (non-hydrogen) atoms. The average Bonchev–Trinajstić information content (AvgIpc) is 3.12. The van der Waals surface area contributed by atoms with Crippen LogP contribution in [0.1, 0.15) is 0 Å². The van der Waals surface area contributed by atoms with E-state index < -0.39 is 0 Å². The summed E-state index contributed by atoms with van der Waals surface area (Å²) in [5.41, 5.74) is 2.76. The van der Waals surface area contributed by atoms with Gasteiger partial charge in [-0.25, -0.2) is 9.78 Å². The Labute approximate surface area is 155 Å². The van der Waals surface area contributed by atoms with Crippen LogP contribution < -0.4 is 10.6 Å². The lowest BCUT2D eigenvalue weighted by molar-refractivity contribution is -0.0852. The largest absolute Gasteiger partial charge is 0.376 e. The summed E-state index contributed by atoms with van der Waals surface area (Å²) in [6.45, 7) is 2.12. The van der Waals surface area contributed by atoms with Crippen molar-refractivity contribution in [3.8, 4) is 10.6 Å². The predicted molar refractivity (Wildman–Crippen MR) is 103 cm³/mol. The molecule has 2 aromatic carbocycles. The lowest BCUT2D eigenvalue weighted by Gasteiger charge is -2.23. The van der Waals surface area contributed by atoms with Gasteiger partial charge in [0.1, 0.15) is 5.01 Å². The van der Waals surface area contributed by atoms with Crippen LogP contribution in [0.4, 0.5) is 10.5 Å². The molecule has 7 heteroatoms. The SMILES string of the molecule is O=C(NC[C@@H]1COCCO1)Nc1ccc(-c2nc3ccccc3s2)cc1. The lowest BCUT2D eigenvalue weighted by atomic mass is 10.2. The fourth-order valence-electron chi connectivity index (χ4n) is 2.73. The van der Waals surface area contributed by atoms with Gasteiger partial charge >= 0.3 is 6.03 Å². The minimum atomic E-state index is -0.257. The maximum Gasteiger partial charge on any atom is 0.319 e. The Hall–Kier alpha value is -2.48. The summed E-state index contributed by atoms with van der Waals surface area (Å²) in [5.74, 6) is 0. The molecule has 0 radical (unpaired) electrons. The number of fused-ring (bicyclic) bond motifs is 1. The molecule has 2 heterocycles. The molecule has 134 valence electrons. The highest BCUT2D eigenvalue weighted by Crippen LogP contribution is 2.30. The molecule has 4 rings (SSSR count). The van der Waals surface area contributed by atoms with Crippen LogP contribution in [0.3, 0.4) is 0 Å². The molecule has 0 aliphatic carbocycles. The van der Waals surface area contributed by atoms with E-state index >= 15 is 0 Å². The number of anilines is 1. The van der Waals surface area contributed by atoms with E-state index in [-0.39, 0.29) is 12.1 Å². The zero-order chi connectivity index (χ0) is 17.8. The summed E-state index contributed by atoms with van der Waals surface area (Å²) in [7, 11) is 0. The van der Waals surface area contributed by atoms with E-state index in [1.807, 2.05) is 42.5 Å². The van der Waals surface area contributed by atoms with E-state index in [4.69, 9.17) is 9.47 Å². The molecule has 0 bridgehead atoms. The first-order valence-corrected chi connectivity index (χ1v) is 9.30. The smallest absolute Gasteiger partial charge is 0.319 e. The van der Waals surface area contributed by atoms with Gasteiger partial charge in [0, 0.05) is 17.8 Å². The van der Waals surface area contributed by atoms with E-state index in [0.717, 1.165) is 26.5 Å². The summed E-state index contributed by atoms with van der Waals surface area (Å²) < 4.78 is 12.0. The Bertz CT molecular complexity index is 855. The van der Waals surface area contributed by atoms with Crippen molar-refractivity contribution >= 4 is 33.3 Å². The Morgan fingerprint density at radius 2 is 2.00 bits per heavy atom. The zero-order valence-corrected chi connectivity index (χ0v) is 14.9. The van der Waals surface area contributed by atoms with Gasteiger partial charge in [0.2, 0.25) is 0 Å². The number of amides is 2. The minimum absolute atomic E-state index is 0.0871. The molecule has 1 saturated heterocycles. The maximum absolute atomic E-state index is 12.0. The summed E-state index contributed by atoms with van der Waals surface area (Å²) in [5, 5.41) is 6.59. The van der Waals surface area contributed by atoms with Crippen molar-refractivity contribution in [2.45, 2.75) is 6.10 Å². The molecule has 2 N–H and O–H groups in total. The Balaban J connectivity index is 1.35. The van der Waals surface area contributed by atoms with Crippen LogP contribution in [0.25, 0.3) is 20.8 Å². The van der Waals surface area contributed by atoms with Crippen molar-refractivity contribution in [2.75, 3.05) is 31.7 Å². The monoisotopic (exact) mass is 369 g/mol. The number of benzene rings is 2. The van der Waals surface area contributed by atoms with Crippen molar-refractivity contribution in [1.29, 1.82) is 0 Å². The van der Waals surface area contributed by atoms with Gasteiger partial charge in [-0.15, -0.1) is 11.3 Å². The molecule has 1 fully saturated rings. The van der Waals surface area contributed by atoms with Gasteiger partial charge < -0.3 is 20.1 Å². The second kappa shape index (κ2) is 7.82. The predicted octanol–water partition coefficient (Wildman–Crippen LogP) is 3.50. The number of hydrogen-bond donors (Lipinski definition) is 2. The van der Waals surface area contributed by atoms with Crippen molar-refractivity contribution in [3.63, 3.8) is 0 Å². The Kier molecular flexibility index (Phi) is 5.10. The first kappa shape index (κ1) is 17.0. The standard InChI is InChI=1S/C19H19N3O3S/c23-19(20-11-15-12-24-9-10-25-15)21-14-7-5-13(6-8-14)18-22-16-3-1-2-4-17(16)26-18/h1-8,15H,9-12H2,(H2,20,21,23)/t15-/m1/s1. The van der Waals surface area contributed by atoms with Crippen LogP contribution in [0, 0.1) is 0 Å². The molecule has 3 aromatic rings. The Morgan fingerprint density at radius 3 is 2.77 bits per heavy atom. The lowest BCUT2D eigenvalue weighted by Crippen LogP contribution is -2.41. The third kappa shape index (κ3) is 4.01. The first-order valence-electron chi connectivity index (χ1n) is 8.48. The van der Waals surface area contributed by atoms with Crippen LogP contribution in [0.2, 0.25) is 0 Å². The third-order valence-corrected chi connectivity index (χ3v) is 5.14. The molecule has 1 aromatic heterocycles. The molecule has 1 aliphatic heterocycles. The van der Waals surface area contributed by atoms with Crippen LogP contribution in [0.15, 0.2) is 48.5 Å². The minimum Gasteiger partial charge on any atom is -0.376 e. The topological polar surface area (TPSA) is 72.5 Å². The number of hydrogen-bond acceptors (Lipinski definition) is 5. The van der Waals surface area contributed by atoms with Gasteiger partial charge in [0.25, 0.3) is 0 Å². The first-order chi connectivity index (χ1) is 12.8. The van der Waals surface area contributed by atoms with E-state index in [0.29, 0.717) is 26.4 Å². The maximum atomic E-state index is 12.0. The molecular formula is C19H19N3O3S. The van der Waals surface area contributed by atoms with Crippen molar-refractivity contribution in [3.05, 3.63) is 48.5 Å². The second-order valence-electron chi connectivity index (χ2n) is 5.97. The summed E-state index contributed by atoms with van der Waals surface area (Å²) >= 11 is 1.66. The molecule has 0 spiro atoms. The molecule has 2 amide bonds. The quantitative estimate of drug-likeness (QED) is 0.738. The number of aromatic nitrogens is 1. The van der Waals surface area contributed by atoms with Crippen LogP contribution >= 0.6 is 11.3 Å². The molecule has 1 aliphatic rings. The molecular weight excluding hydrogens is 350 g/mol. The van der Waals surface area contributed by atoms with Crippen LogP contribution in [-0.4, -0.2) is 43.5 Å². The number of nitrogens with zero attached hydrogens (tertiary/aromatic N) is 1. The number of urea groups is 1. The van der Waals surface area contributed by atoms with E-state index in [1.54, 1.807) is 11.3 Å². The fraction of sp³-hybridized carbons (Fsp3) is 0.263. The van der Waals surface area contributed by atoms with Crippen LogP contribution in [0.5, 0.6) is 0 Å². The number of rotatable bonds is 4.